The van der Waals surface area contributed by atoms with Crippen LogP contribution >= 0.6 is 35.0 Å². The number of carbonyl (C=O) groups excluding carboxylic acids is 1. The largest absolute Gasteiger partial charge is 0.352 e. The summed E-state index contributed by atoms with van der Waals surface area (Å²) in [6, 6.07) is 14.8. The monoisotopic (exact) mass is 433 g/mol. The molecule has 1 heterocycles. The van der Waals surface area contributed by atoms with Gasteiger partial charge in [-0.1, -0.05) is 65.3 Å². The lowest BCUT2D eigenvalue weighted by Gasteiger charge is -2.16. The first-order chi connectivity index (χ1) is 13.5. The summed E-state index contributed by atoms with van der Waals surface area (Å²) < 4.78 is 1.34. The number of thioether (sulfide) groups is 1. The minimum Gasteiger partial charge on any atom is -0.352 e. The average molecular weight is 434 g/mol. The van der Waals surface area contributed by atoms with Crippen molar-refractivity contribution in [2.45, 2.75) is 29.3 Å². The van der Waals surface area contributed by atoms with Gasteiger partial charge < -0.3 is 11.2 Å². The molecule has 1 saturated carbocycles. The number of rotatable bonds is 6. The molecule has 0 spiro atoms. The van der Waals surface area contributed by atoms with Crippen LogP contribution in [0.5, 0.6) is 0 Å². The third-order valence-electron chi connectivity index (χ3n) is 4.32. The Morgan fingerprint density at radius 1 is 1.18 bits per heavy atom. The number of amides is 1. The van der Waals surface area contributed by atoms with Crippen molar-refractivity contribution in [3.8, 4) is 11.4 Å². The zero-order valence-electron chi connectivity index (χ0n) is 14.7. The molecule has 1 aliphatic carbocycles. The average Bonchev–Trinajstić information content (AvgIpc) is 3.44. The fourth-order valence-electron chi connectivity index (χ4n) is 2.72. The molecule has 0 radical (unpaired) electrons. The second-order valence-corrected chi connectivity index (χ2v) is 8.41. The Hall–Kier alpha value is -2.22. The Morgan fingerprint density at radius 2 is 1.93 bits per heavy atom. The standard InChI is InChI=1S/C19H17Cl2N5OS/c20-12-6-9-15(21)14(10-12)17-24-25-19(26(17)22)28-16(11-4-2-1-3-5-11)18(27)23-13-7-8-13/h1-6,9-10,13,16H,7-8,22H2,(H,23,27). The van der Waals surface area contributed by atoms with Crippen LogP contribution in [0.1, 0.15) is 23.7 Å². The van der Waals surface area contributed by atoms with Crippen LogP contribution in [0.4, 0.5) is 0 Å². The van der Waals surface area contributed by atoms with Gasteiger partial charge in [0, 0.05) is 16.6 Å². The highest BCUT2D eigenvalue weighted by molar-refractivity contribution is 8.00. The molecule has 0 bridgehead atoms. The summed E-state index contributed by atoms with van der Waals surface area (Å²) in [6.07, 6.45) is 2.03. The summed E-state index contributed by atoms with van der Waals surface area (Å²) in [7, 11) is 0. The second-order valence-electron chi connectivity index (χ2n) is 6.49. The maximum atomic E-state index is 12.8. The molecule has 1 aromatic heterocycles. The van der Waals surface area contributed by atoms with Crippen molar-refractivity contribution in [2.75, 3.05) is 5.84 Å². The minimum absolute atomic E-state index is 0.0657. The summed E-state index contributed by atoms with van der Waals surface area (Å²) >= 11 is 13.6. The molecule has 144 valence electrons. The van der Waals surface area contributed by atoms with Gasteiger partial charge in [-0.3, -0.25) is 4.79 Å². The molecule has 3 aromatic rings. The first-order valence-corrected chi connectivity index (χ1v) is 10.3. The minimum atomic E-state index is -0.490. The van der Waals surface area contributed by atoms with Gasteiger partial charge in [0.05, 0.1) is 5.02 Å². The molecule has 0 saturated heterocycles. The predicted octanol–water partition coefficient (Wildman–Crippen LogP) is 4.08. The van der Waals surface area contributed by atoms with Gasteiger partial charge in [0.25, 0.3) is 0 Å². The third kappa shape index (κ3) is 4.11. The number of hydrogen-bond acceptors (Lipinski definition) is 5. The molecule has 1 amide bonds. The Labute approximate surface area is 176 Å². The maximum absolute atomic E-state index is 12.8. The van der Waals surface area contributed by atoms with Crippen molar-refractivity contribution in [2.24, 2.45) is 0 Å². The topological polar surface area (TPSA) is 85.8 Å². The van der Waals surface area contributed by atoms with E-state index in [1.807, 2.05) is 30.3 Å². The van der Waals surface area contributed by atoms with Crippen LogP contribution in [0.2, 0.25) is 10.0 Å². The maximum Gasteiger partial charge on any atom is 0.238 e. The summed E-state index contributed by atoms with van der Waals surface area (Å²) in [5.74, 6) is 6.55. The number of aromatic nitrogens is 3. The van der Waals surface area contributed by atoms with Crippen molar-refractivity contribution >= 4 is 40.9 Å². The Bertz CT molecular complexity index is 1010. The van der Waals surface area contributed by atoms with Gasteiger partial charge in [0.2, 0.25) is 11.1 Å². The lowest BCUT2D eigenvalue weighted by Crippen LogP contribution is -2.30. The Kier molecular flexibility index (Phi) is 5.48. The van der Waals surface area contributed by atoms with E-state index in [4.69, 9.17) is 29.0 Å². The lowest BCUT2D eigenvalue weighted by molar-refractivity contribution is -0.120. The number of carbonyl (C=O) groups is 1. The second kappa shape index (κ2) is 8.03. The van der Waals surface area contributed by atoms with E-state index < -0.39 is 5.25 Å². The van der Waals surface area contributed by atoms with Crippen molar-refractivity contribution < 1.29 is 4.79 Å². The van der Waals surface area contributed by atoms with Gasteiger partial charge in [0.15, 0.2) is 5.82 Å². The van der Waals surface area contributed by atoms with E-state index in [1.54, 1.807) is 18.2 Å². The predicted molar refractivity (Wildman–Crippen MR) is 112 cm³/mol. The molecule has 1 unspecified atom stereocenters. The van der Waals surface area contributed by atoms with Crippen LogP contribution in [0.3, 0.4) is 0 Å². The SMILES string of the molecule is Nn1c(SC(C(=O)NC2CC2)c2ccccc2)nnc1-c1cc(Cl)ccc1Cl. The molecule has 9 heteroatoms. The summed E-state index contributed by atoms with van der Waals surface area (Å²) in [5.41, 5.74) is 1.45. The van der Waals surface area contributed by atoms with Crippen LogP contribution in [0, 0.1) is 0 Å². The van der Waals surface area contributed by atoms with Gasteiger partial charge in [-0.15, -0.1) is 10.2 Å². The quantitative estimate of drug-likeness (QED) is 0.451. The number of benzene rings is 2. The molecule has 4 rings (SSSR count). The fourth-order valence-corrected chi connectivity index (χ4v) is 4.06. The van der Waals surface area contributed by atoms with Crippen LogP contribution in [0.25, 0.3) is 11.4 Å². The van der Waals surface area contributed by atoms with Crippen molar-refractivity contribution in [3.05, 3.63) is 64.1 Å². The normalized spacial score (nSPS) is 14.6. The van der Waals surface area contributed by atoms with Crippen LogP contribution in [0.15, 0.2) is 53.7 Å². The molecule has 28 heavy (non-hydrogen) atoms. The van der Waals surface area contributed by atoms with Crippen molar-refractivity contribution in [1.29, 1.82) is 0 Å². The highest BCUT2D eigenvalue weighted by atomic mass is 35.5. The van der Waals surface area contributed by atoms with Crippen LogP contribution < -0.4 is 11.2 Å². The number of nitrogens with zero attached hydrogens (tertiary/aromatic N) is 3. The van der Waals surface area contributed by atoms with Gasteiger partial charge in [-0.05, 0) is 36.6 Å². The first-order valence-electron chi connectivity index (χ1n) is 8.71. The summed E-state index contributed by atoms with van der Waals surface area (Å²) in [5, 5.41) is 12.3. The van der Waals surface area contributed by atoms with Crippen molar-refractivity contribution in [3.63, 3.8) is 0 Å². The molecule has 0 aliphatic heterocycles. The highest BCUT2D eigenvalue weighted by Gasteiger charge is 2.30. The zero-order valence-corrected chi connectivity index (χ0v) is 17.0. The van der Waals surface area contributed by atoms with E-state index in [-0.39, 0.29) is 11.9 Å². The molecular weight excluding hydrogens is 417 g/mol. The molecule has 1 fully saturated rings. The number of hydrogen-bond donors (Lipinski definition) is 2. The van der Waals surface area contributed by atoms with E-state index in [0.717, 1.165) is 18.4 Å². The first kappa shape index (κ1) is 19.1. The van der Waals surface area contributed by atoms with E-state index in [2.05, 4.69) is 15.5 Å². The molecule has 1 aliphatic rings. The van der Waals surface area contributed by atoms with E-state index in [9.17, 15) is 4.79 Å². The van der Waals surface area contributed by atoms with Crippen LogP contribution in [-0.2, 0) is 4.79 Å². The van der Waals surface area contributed by atoms with E-state index in [1.165, 1.54) is 16.4 Å². The molecule has 1 atom stereocenters. The summed E-state index contributed by atoms with van der Waals surface area (Å²) in [4.78, 5) is 12.8. The fraction of sp³-hybridized carbons (Fsp3) is 0.211. The Balaban J connectivity index is 1.65. The summed E-state index contributed by atoms with van der Waals surface area (Å²) in [6.45, 7) is 0. The number of nitrogen functional groups attached to an aromatic ring is 1. The number of nitrogens with two attached hydrogens (primary N) is 1. The number of halogens is 2. The van der Waals surface area contributed by atoms with Crippen molar-refractivity contribution in [1.82, 2.24) is 20.2 Å². The van der Waals surface area contributed by atoms with E-state index >= 15 is 0 Å². The van der Waals surface area contributed by atoms with Crippen LogP contribution in [-0.4, -0.2) is 26.8 Å². The van der Waals surface area contributed by atoms with Gasteiger partial charge in [-0.2, -0.15) is 0 Å². The third-order valence-corrected chi connectivity index (χ3v) is 6.10. The lowest BCUT2D eigenvalue weighted by atomic mass is 10.1. The molecule has 6 nitrogen and oxygen atoms in total. The Morgan fingerprint density at radius 3 is 2.64 bits per heavy atom. The highest BCUT2D eigenvalue weighted by Crippen LogP contribution is 2.37. The van der Waals surface area contributed by atoms with Gasteiger partial charge >= 0.3 is 0 Å². The zero-order chi connectivity index (χ0) is 19.7. The smallest absolute Gasteiger partial charge is 0.238 e. The molecular formula is C19H17Cl2N5OS. The van der Waals surface area contributed by atoms with Gasteiger partial charge in [0.1, 0.15) is 5.25 Å². The van der Waals surface area contributed by atoms with E-state index in [0.29, 0.717) is 26.6 Å². The number of nitrogens with one attached hydrogen (secondary N) is 1. The molecule has 3 N–H and O–H groups in total. The molecule has 2 aromatic carbocycles. The van der Waals surface area contributed by atoms with Gasteiger partial charge in [-0.25, -0.2) is 4.68 Å².